The minimum atomic E-state index is 0.174. The number of hydrogen-bond donors (Lipinski definition) is 2. The molecule has 3 aromatic rings. The second-order valence-corrected chi connectivity index (χ2v) is 3.98. The van der Waals surface area contributed by atoms with Crippen molar-refractivity contribution in [3.63, 3.8) is 0 Å². The quantitative estimate of drug-likeness (QED) is 0.670. The zero-order valence-electron chi connectivity index (χ0n) is 9.70. The number of nitrogens with zero attached hydrogens (tertiary/aromatic N) is 4. The lowest BCUT2D eigenvalue weighted by Gasteiger charge is -2.00. The zero-order chi connectivity index (χ0) is 12.7. The molecule has 3 rings (SSSR count). The van der Waals surface area contributed by atoms with Gasteiger partial charge in [-0.25, -0.2) is 15.0 Å². The number of aromatic nitrogens is 4. The molecule has 0 spiro atoms. The summed E-state index contributed by atoms with van der Waals surface area (Å²) in [5.41, 5.74) is 7.72. The highest BCUT2D eigenvalue weighted by Crippen LogP contribution is 2.33. The van der Waals surface area contributed by atoms with Gasteiger partial charge in [-0.2, -0.15) is 0 Å². The van der Waals surface area contributed by atoms with Crippen LogP contribution in [-0.2, 0) is 7.05 Å². The van der Waals surface area contributed by atoms with Gasteiger partial charge in [-0.3, -0.25) is 0 Å². The summed E-state index contributed by atoms with van der Waals surface area (Å²) in [4.78, 5) is 12.3. The van der Waals surface area contributed by atoms with E-state index in [1.807, 2.05) is 17.8 Å². The van der Waals surface area contributed by atoms with Crippen LogP contribution in [-0.4, -0.2) is 24.6 Å². The fourth-order valence-electron chi connectivity index (χ4n) is 2.00. The van der Waals surface area contributed by atoms with Crippen LogP contribution in [0.15, 0.2) is 30.7 Å². The Morgan fingerprint density at radius 2 is 2.00 bits per heavy atom. The van der Waals surface area contributed by atoms with Gasteiger partial charge in [0.05, 0.1) is 11.1 Å². The number of nitrogens with two attached hydrogens (primary N) is 1. The average Bonchev–Trinajstić information content (AvgIpc) is 2.69. The van der Waals surface area contributed by atoms with E-state index in [4.69, 9.17) is 5.73 Å². The van der Waals surface area contributed by atoms with E-state index in [1.165, 1.54) is 0 Å². The van der Waals surface area contributed by atoms with Gasteiger partial charge in [0.25, 0.3) is 0 Å². The van der Waals surface area contributed by atoms with Crippen LogP contribution in [0.3, 0.4) is 0 Å². The lowest BCUT2D eigenvalue weighted by molar-refractivity contribution is 0.481. The standard InChI is InChI=1S/C12H11N5O/c1-17-6-7(8-2-4-15-12(13)16-8)10-9(18)3-5-14-11(10)17/h2-6H,1H3,(H,14,18)(H2,13,15,16). The Kier molecular flexibility index (Phi) is 2.16. The molecule has 0 aliphatic carbocycles. The molecule has 0 aromatic carbocycles. The molecule has 18 heavy (non-hydrogen) atoms. The summed E-state index contributed by atoms with van der Waals surface area (Å²) in [5, 5.41) is 10.6. The number of rotatable bonds is 1. The minimum Gasteiger partial charge on any atom is -0.507 e. The van der Waals surface area contributed by atoms with Crippen molar-refractivity contribution in [1.29, 1.82) is 0 Å². The van der Waals surface area contributed by atoms with Gasteiger partial charge < -0.3 is 15.4 Å². The third-order valence-electron chi connectivity index (χ3n) is 2.79. The smallest absolute Gasteiger partial charge is 0.220 e. The molecular formula is C12H11N5O. The Bertz CT molecular complexity index is 734. The molecule has 3 heterocycles. The van der Waals surface area contributed by atoms with Crippen molar-refractivity contribution in [3.05, 3.63) is 30.7 Å². The summed E-state index contributed by atoms with van der Waals surface area (Å²) in [5.74, 6) is 0.376. The summed E-state index contributed by atoms with van der Waals surface area (Å²) in [7, 11) is 1.86. The fraction of sp³-hybridized carbons (Fsp3) is 0.0833. The molecule has 0 atom stereocenters. The molecule has 90 valence electrons. The van der Waals surface area contributed by atoms with Crippen molar-refractivity contribution in [1.82, 2.24) is 19.5 Å². The fourth-order valence-corrected chi connectivity index (χ4v) is 2.00. The van der Waals surface area contributed by atoms with Gasteiger partial charge >= 0.3 is 0 Å². The maximum atomic E-state index is 9.97. The van der Waals surface area contributed by atoms with Crippen LogP contribution in [0, 0.1) is 0 Å². The Morgan fingerprint density at radius 1 is 1.22 bits per heavy atom. The van der Waals surface area contributed by atoms with Crippen LogP contribution >= 0.6 is 0 Å². The maximum absolute atomic E-state index is 9.97. The third-order valence-corrected chi connectivity index (χ3v) is 2.79. The monoisotopic (exact) mass is 241 g/mol. The summed E-state index contributed by atoms with van der Waals surface area (Å²) < 4.78 is 1.84. The second kappa shape index (κ2) is 3.69. The average molecular weight is 241 g/mol. The molecule has 0 saturated carbocycles. The Morgan fingerprint density at radius 3 is 2.78 bits per heavy atom. The molecule has 0 saturated heterocycles. The van der Waals surface area contributed by atoms with Crippen LogP contribution in [0.25, 0.3) is 22.3 Å². The first-order chi connectivity index (χ1) is 8.66. The van der Waals surface area contributed by atoms with Crippen molar-refractivity contribution in [2.45, 2.75) is 0 Å². The SMILES string of the molecule is Cn1cc(-c2ccnc(N)n2)c2c(O)ccnc21. The molecule has 0 radical (unpaired) electrons. The van der Waals surface area contributed by atoms with Crippen molar-refractivity contribution in [2.75, 3.05) is 5.73 Å². The van der Waals surface area contributed by atoms with E-state index in [-0.39, 0.29) is 11.7 Å². The number of aromatic hydroxyl groups is 1. The molecule has 3 aromatic heterocycles. The van der Waals surface area contributed by atoms with Gasteiger partial charge in [0.1, 0.15) is 11.4 Å². The Labute approximate surface area is 103 Å². The molecule has 0 bridgehead atoms. The highest BCUT2D eigenvalue weighted by molar-refractivity contribution is 5.97. The second-order valence-electron chi connectivity index (χ2n) is 3.98. The summed E-state index contributed by atoms with van der Waals surface area (Å²) in [6.07, 6.45) is 5.01. The van der Waals surface area contributed by atoms with Crippen molar-refractivity contribution in [3.8, 4) is 17.0 Å². The number of hydrogen-bond acceptors (Lipinski definition) is 5. The van der Waals surface area contributed by atoms with Crippen molar-refractivity contribution < 1.29 is 5.11 Å². The molecule has 0 aliphatic rings. The summed E-state index contributed by atoms with van der Waals surface area (Å²) in [6.45, 7) is 0. The normalized spacial score (nSPS) is 10.9. The van der Waals surface area contributed by atoms with E-state index < -0.39 is 0 Å². The number of pyridine rings is 1. The van der Waals surface area contributed by atoms with Gasteiger partial charge in [-0.1, -0.05) is 0 Å². The number of aryl methyl sites for hydroxylation is 1. The number of nitrogen functional groups attached to an aromatic ring is 1. The summed E-state index contributed by atoms with van der Waals surface area (Å²) >= 11 is 0. The van der Waals surface area contributed by atoms with Gasteiger partial charge in [0.2, 0.25) is 5.95 Å². The van der Waals surface area contributed by atoms with Gasteiger partial charge in [-0.05, 0) is 12.1 Å². The first kappa shape index (κ1) is 10.5. The van der Waals surface area contributed by atoms with Gasteiger partial charge in [0, 0.05) is 31.2 Å². The molecule has 6 heteroatoms. The van der Waals surface area contributed by atoms with E-state index in [0.717, 1.165) is 5.56 Å². The molecule has 0 fully saturated rings. The Balaban J connectivity index is 2.36. The van der Waals surface area contributed by atoms with Crippen LogP contribution in [0.5, 0.6) is 5.75 Å². The molecule has 3 N–H and O–H groups in total. The number of fused-ring (bicyclic) bond motifs is 1. The van der Waals surface area contributed by atoms with Crippen LogP contribution in [0.4, 0.5) is 5.95 Å². The largest absolute Gasteiger partial charge is 0.507 e. The highest BCUT2D eigenvalue weighted by atomic mass is 16.3. The predicted octanol–water partition coefficient (Wildman–Crippen LogP) is 1.32. The minimum absolute atomic E-state index is 0.174. The van der Waals surface area contributed by atoms with Crippen LogP contribution in [0.2, 0.25) is 0 Å². The highest BCUT2D eigenvalue weighted by Gasteiger charge is 2.14. The van der Waals surface area contributed by atoms with E-state index in [0.29, 0.717) is 16.7 Å². The van der Waals surface area contributed by atoms with E-state index >= 15 is 0 Å². The molecular weight excluding hydrogens is 230 g/mol. The van der Waals surface area contributed by atoms with E-state index in [1.54, 1.807) is 24.5 Å². The van der Waals surface area contributed by atoms with Crippen LogP contribution in [0.1, 0.15) is 0 Å². The third kappa shape index (κ3) is 1.46. The predicted molar refractivity (Wildman–Crippen MR) is 67.8 cm³/mol. The molecule has 0 amide bonds. The van der Waals surface area contributed by atoms with Crippen LogP contribution < -0.4 is 5.73 Å². The van der Waals surface area contributed by atoms with E-state index in [9.17, 15) is 5.11 Å². The Hall–Kier alpha value is -2.63. The van der Waals surface area contributed by atoms with Crippen molar-refractivity contribution >= 4 is 17.0 Å². The van der Waals surface area contributed by atoms with Gasteiger partial charge in [-0.15, -0.1) is 0 Å². The van der Waals surface area contributed by atoms with Crippen molar-refractivity contribution in [2.24, 2.45) is 7.05 Å². The lowest BCUT2D eigenvalue weighted by Crippen LogP contribution is -1.94. The first-order valence-electron chi connectivity index (χ1n) is 5.38. The summed E-state index contributed by atoms with van der Waals surface area (Å²) in [6, 6.07) is 3.30. The zero-order valence-corrected chi connectivity index (χ0v) is 9.70. The molecule has 6 nitrogen and oxygen atoms in total. The first-order valence-corrected chi connectivity index (χ1v) is 5.38. The maximum Gasteiger partial charge on any atom is 0.220 e. The van der Waals surface area contributed by atoms with Gasteiger partial charge in [0.15, 0.2) is 0 Å². The molecule has 0 aliphatic heterocycles. The van der Waals surface area contributed by atoms with E-state index in [2.05, 4.69) is 15.0 Å². The molecule has 0 unspecified atom stereocenters. The lowest BCUT2D eigenvalue weighted by atomic mass is 10.1. The topological polar surface area (TPSA) is 89.9 Å². The number of anilines is 1.